The molecule has 0 spiro atoms. The Bertz CT molecular complexity index is 3340. The molecule has 6 N–H and O–H groups in total. The number of ether oxygens (including phenoxy) is 1. The molecule has 90 heavy (non-hydrogen) atoms. The monoisotopic (exact) mass is 1250 g/mol. The molecule has 18 nitrogen and oxygen atoms in total. The summed E-state index contributed by atoms with van der Waals surface area (Å²) in [6, 6.07) is 21.3. The molecule has 10 rings (SSSR count). The Labute approximate surface area is 526 Å². The first-order valence-corrected chi connectivity index (χ1v) is 30.9. The van der Waals surface area contributed by atoms with Crippen molar-refractivity contribution >= 4 is 47.8 Å². The van der Waals surface area contributed by atoms with Crippen LogP contribution in [0.15, 0.2) is 84.9 Å². The number of phenols is 2. The van der Waals surface area contributed by atoms with Crippen molar-refractivity contribution < 1.29 is 66.5 Å². The van der Waals surface area contributed by atoms with E-state index < -0.39 is 77.1 Å². The molecule has 2 unspecified atom stereocenters. The molecule has 4 aromatic carbocycles. The smallest absolute Gasteiger partial charge is 0.446 e. The normalized spacial score (nSPS) is 24.1. The first-order valence-electron chi connectivity index (χ1n) is 30.9. The van der Waals surface area contributed by atoms with E-state index in [9.17, 15) is 56.9 Å². The number of nitrogens with one attached hydrogen (secondary N) is 4. The van der Waals surface area contributed by atoms with Crippen molar-refractivity contribution in [2.75, 3.05) is 7.05 Å². The van der Waals surface area contributed by atoms with Crippen LogP contribution in [0.2, 0.25) is 0 Å². The van der Waals surface area contributed by atoms with Gasteiger partial charge in [0.2, 0.25) is 41.7 Å². The highest BCUT2D eigenvalue weighted by molar-refractivity contribution is 5.97. The van der Waals surface area contributed by atoms with Gasteiger partial charge in [0.15, 0.2) is 0 Å². The van der Waals surface area contributed by atoms with Gasteiger partial charge >= 0.3 is 12.3 Å². The van der Waals surface area contributed by atoms with Gasteiger partial charge in [0.05, 0.1) is 24.2 Å². The number of fused-ring (bicyclic) bond motifs is 8. The number of alkyl halides is 3. The lowest BCUT2D eigenvalue weighted by Gasteiger charge is -2.36. The van der Waals surface area contributed by atoms with Crippen LogP contribution in [0.1, 0.15) is 190 Å². The zero-order valence-electron chi connectivity index (χ0n) is 52.8. The molecule has 6 aliphatic rings. The molecule has 2 fully saturated rings. The minimum absolute atomic E-state index is 0. The molecule has 10 atom stereocenters. The number of aldehydes is 1. The maximum Gasteiger partial charge on any atom is 0.446 e. The fraction of sp³-hybridized carbons (Fsp3) is 0.536. The molecule has 0 bridgehead atoms. The molecule has 2 aliphatic carbocycles. The number of carbonyl (C=O) groups excluding carboxylic acids is 8. The highest BCUT2D eigenvalue weighted by atomic mass is 19.4. The van der Waals surface area contributed by atoms with Crippen LogP contribution in [0.25, 0.3) is 0 Å². The minimum Gasteiger partial charge on any atom is -0.508 e. The van der Waals surface area contributed by atoms with Crippen molar-refractivity contribution in [2.45, 2.75) is 213 Å². The van der Waals surface area contributed by atoms with Gasteiger partial charge in [-0.05, 0) is 165 Å². The molecular formula is C69H90F3N7O11. The van der Waals surface area contributed by atoms with E-state index in [1.807, 2.05) is 71.9 Å². The molecule has 4 aromatic rings. The Hall–Kier alpha value is -7.97. The van der Waals surface area contributed by atoms with Gasteiger partial charge in [0, 0.05) is 25.8 Å². The molecule has 2 saturated heterocycles. The van der Waals surface area contributed by atoms with Crippen LogP contribution in [0.4, 0.5) is 18.0 Å². The van der Waals surface area contributed by atoms with Gasteiger partial charge in [-0.3, -0.25) is 38.5 Å². The second-order valence-electron chi connectivity index (χ2n) is 27.1. The van der Waals surface area contributed by atoms with Gasteiger partial charge in [-0.1, -0.05) is 110 Å². The van der Waals surface area contributed by atoms with Crippen LogP contribution in [-0.4, -0.2) is 122 Å². The molecular weight excluding hydrogens is 1160 g/mol. The molecule has 0 radical (unpaired) electrons. The Kier molecular flexibility index (Phi) is 21.3. The summed E-state index contributed by atoms with van der Waals surface area (Å²) in [7, 11) is 1.48. The van der Waals surface area contributed by atoms with Crippen molar-refractivity contribution in [3.05, 3.63) is 129 Å². The molecule has 7 amide bonds. The number of carbonyl (C=O) groups is 8. The third-order valence-corrected chi connectivity index (χ3v) is 18.4. The van der Waals surface area contributed by atoms with E-state index in [2.05, 4.69) is 45.5 Å². The van der Waals surface area contributed by atoms with Crippen molar-refractivity contribution in [3.8, 4) is 11.5 Å². The van der Waals surface area contributed by atoms with Crippen molar-refractivity contribution in [2.24, 2.45) is 16.7 Å². The van der Waals surface area contributed by atoms with Gasteiger partial charge in [-0.15, -0.1) is 0 Å². The highest BCUT2D eigenvalue weighted by Gasteiger charge is 2.57. The maximum atomic E-state index is 14.5. The summed E-state index contributed by atoms with van der Waals surface area (Å²) in [5.41, 5.74) is 6.24. The summed E-state index contributed by atoms with van der Waals surface area (Å²) in [4.78, 5) is 109. The van der Waals surface area contributed by atoms with Gasteiger partial charge in [0.25, 0.3) is 0 Å². The number of phenolic OH excluding ortho intramolecular Hbond substituents is 2. The third kappa shape index (κ3) is 15.4. The number of benzene rings is 4. The molecule has 488 valence electrons. The van der Waals surface area contributed by atoms with E-state index in [0.717, 1.165) is 71.9 Å². The van der Waals surface area contributed by atoms with Crippen LogP contribution in [-0.2, 0) is 64.0 Å². The number of hydrogen-bond acceptors (Lipinski definition) is 11. The van der Waals surface area contributed by atoms with Gasteiger partial charge in [0.1, 0.15) is 47.3 Å². The molecule has 21 heteroatoms. The quantitative estimate of drug-likeness (QED) is 0.0816. The summed E-state index contributed by atoms with van der Waals surface area (Å²) < 4.78 is 36.7. The second kappa shape index (κ2) is 27.6. The molecule has 0 saturated carbocycles. The lowest BCUT2D eigenvalue weighted by atomic mass is 9.81. The van der Waals surface area contributed by atoms with Crippen molar-refractivity contribution in [3.63, 3.8) is 0 Å². The van der Waals surface area contributed by atoms with Crippen LogP contribution in [0.3, 0.4) is 0 Å². The zero-order chi connectivity index (χ0) is 65.2. The Balaban J connectivity index is 0.000000235. The largest absolute Gasteiger partial charge is 0.508 e. The van der Waals surface area contributed by atoms with E-state index >= 15 is 0 Å². The summed E-state index contributed by atoms with van der Waals surface area (Å²) in [6.07, 6.45) is 1.51. The highest BCUT2D eigenvalue weighted by Crippen LogP contribution is 2.52. The SMILES string of the molecule is C.CC[C@@H](C)C(=O)N[C@H]1Cc2ccc(O)cc2[C@H]2CC(C)(C)C(C(=O)N[C@@H]3CCCc4ccccc43)N2C1=O.C[C@@H](C(=O)N[C@H]1Cc2ccc(O)cc2[C@H]2CC(C)(C)C(C(=O)N[C@@H]3CCCc4ccccc43)N2C1=O)N(C)C(=O)OC(C)(C)C.O=CC(F)(F)F. The summed E-state index contributed by atoms with van der Waals surface area (Å²) in [5, 5.41) is 33.2. The number of likely N-dealkylation sites (N-methyl/N-ethyl adjacent to an activating group) is 1. The van der Waals surface area contributed by atoms with Crippen LogP contribution in [0.5, 0.6) is 11.5 Å². The van der Waals surface area contributed by atoms with Gasteiger partial charge in [-0.2, -0.15) is 13.2 Å². The lowest BCUT2D eigenvalue weighted by molar-refractivity contribution is -0.156. The van der Waals surface area contributed by atoms with Crippen molar-refractivity contribution in [1.29, 1.82) is 0 Å². The maximum absolute atomic E-state index is 14.5. The van der Waals surface area contributed by atoms with E-state index in [1.54, 1.807) is 67.8 Å². The zero-order valence-corrected chi connectivity index (χ0v) is 52.8. The molecule has 4 aliphatic heterocycles. The van der Waals surface area contributed by atoms with Crippen LogP contribution in [0, 0.1) is 16.7 Å². The lowest BCUT2D eigenvalue weighted by Crippen LogP contribution is -2.58. The van der Waals surface area contributed by atoms with E-state index in [-0.39, 0.29) is 78.9 Å². The Morgan fingerprint density at radius 1 is 0.644 bits per heavy atom. The van der Waals surface area contributed by atoms with Crippen LogP contribution < -0.4 is 21.3 Å². The van der Waals surface area contributed by atoms with Crippen LogP contribution >= 0.6 is 0 Å². The molecule has 4 heterocycles. The first kappa shape index (κ1) is 69.5. The first-order chi connectivity index (χ1) is 41.7. The number of aryl methyl sites for hydroxylation is 2. The predicted molar refractivity (Wildman–Crippen MR) is 333 cm³/mol. The van der Waals surface area contributed by atoms with Gasteiger partial charge in [-0.25, -0.2) is 4.79 Å². The number of amides is 7. The summed E-state index contributed by atoms with van der Waals surface area (Å²) >= 11 is 0. The van der Waals surface area contributed by atoms with Gasteiger partial charge < -0.3 is 46.0 Å². The van der Waals surface area contributed by atoms with E-state index in [0.29, 0.717) is 25.7 Å². The topological polar surface area (TPSA) is 244 Å². The molecule has 0 aromatic heterocycles. The fourth-order valence-electron chi connectivity index (χ4n) is 13.7. The number of rotatable bonds is 10. The number of nitrogens with zero attached hydrogens (tertiary/aromatic N) is 3. The second-order valence-corrected chi connectivity index (χ2v) is 27.1. The number of hydrogen-bond donors (Lipinski definition) is 6. The Morgan fingerprint density at radius 2 is 1.04 bits per heavy atom. The average Bonchev–Trinajstić information content (AvgIpc) is 1.63. The fourth-order valence-corrected chi connectivity index (χ4v) is 13.7. The van der Waals surface area contributed by atoms with E-state index in [4.69, 9.17) is 9.53 Å². The average molecular weight is 1250 g/mol. The summed E-state index contributed by atoms with van der Waals surface area (Å²) in [5.74, 6) is -1.71. The van der Waals surface area contributed by atoms with Crippen molar-refractivity contribution in [1.82, 2.24) is 36.0 Å². The summed E-state index contributed by atoms with van der Waals surface area (Å²) in [6.45, 7) is 18.6. The number of aromatic hydroxyl groups is 2. The number of halogens is 3. The minimum atomic E-state index is -4.64. The van der Waals surface area contributed by atoms with E-state index in [1.165, 1.54) is 23.1 Å². The predicted octanol–water partition coefficient (Wildman–Crippen LogP) is 10.3. The third-order valence-electron chi connectivity index (χ3n) is 18.4. The standard InChI is InChI=1S/C35H46N4O6.C31H39N3O4.C2HF3O.CH4/c1-20(38(7)33(44)45-34(2,3)4)30(41)37-27-17-22-15-16-23(40)18-25(22)28-19-35(5,6)29(39(28)32(27)43)31(42)36-26-14-10-12-21-11-8-9-13-24(21)26;1-5-18(2)28(36)33-25-15-20-13-14-21(35)16-23(20)26-17-31(3,4)27(34(26)30(25)38)29(37)32-24-12-8-10-19-9-6-7-11-22(19)24;3-2(4,5)1-6;/h8-9,11,13,15-16,18,20,26-29,40H,10,12,14,17,19H2,1-7H3,(H,36,42)(H,37,41);6-7,9,11,13-14,16,18,24-27,35H,5,8,10,12,15,17H2,1-4H3,(H,32,37)(H,33,36);1H;1H4/t20-,26+,27-,28+,29?;18-,24-,25+,26-,27?;;/m01../s1. The Morgan fingerprint density at radius 3 is 1.43 bits per heavy atom.